The van der Waals surface area contributed by atoms with Crippen LogP contribution in [0.3, 0.4) is 0 Å². The summed E-state index contributed by atoms with van der Waals surface area (Å²) in [5, 5.41) is 7.90. The van der Waals surface area contributed by atoms with E-state index in [1.165, 1.54) is 0 Å². The van der Waals surface area contributed by atoms with Gasteiger partial charge in [0.2, 0.25) is 0 Å². The number of aromatic nitrogens is 2. The van der Waals surface area contributed by atoms with Crippen molar-refractivity contribution in [3.63, 3.8) is 0 Å². The molecule has 1 aliphatic rings. The number of hydrogen-bond donors (Lipinski definition) is 1. The molecule has 0 unspecified atom stereocenters. The number of nitrogens with one attached hydrogen (secondary N) is 1. The van der Waals surface area contributed by atoms with Gasteiger partial charge in [0.15, 0.2) is 0 Å². The molecule has 1 amide bonds. The molecule has 1 aromatic heterocycles. The lowest BCUT2D eigenvalue weighted by Gasteiger charge is -2.27. The molecule has 1 saturated heterocycles. The average Bonchev–Trinajstić information content (AvgIpc) is 2.94. The van der Waals surface area contributed by atoms with E-state index in [0.29, 0.717) is 11.5 Å². The summed E-state index contributed by atoms with van der Waals surface area (Å²) in [4.78, 5) is 14.3. The Balaban J connectivity index is 1.70. The Labute approximate surface area is 117 Å². The van der Waals surface area contributed by atoms with Gasteiger partial charge in [-0.1, -0.05) is 6.07 Å². The van der Waals surface area contributed by atoms with Crippen LogP contribution < -0.4 is 0 Å². The Morgan fingerprint density at radius 1 is 1.45 bits per heavy atom. The predicted octanol–water partition coefficient (Wildman–Crippen LogP) is 2.06. The second kappa shape index (κ2) is 5.63. The Morgan fingerprint density at radius 3 is 3.05 bits per heavy atom. The third kappa shape index (κ3) is 2.67. The molecule has 0 saturated carbocycles. The molecule has 2 heterocycles. The molecule has 3 rings (SSSR count). The van der Waals surface area contributed by atoms with Crippen LogP contribution >= 0.6 is 0 Å². The molecular weight excluding hydrogens is 254 g/mol. The summed E-state index contributed by atoms with van der Waals surface area (Å²) < 4.78 is 5.35. The number of fused-ring (bicyclic) bond motifs is 1. The molecule has 1 N–H and O–H groups in total. The van der Waals surface area contributed by atoms with Crippen LogP contribution in [-0.2, 0) is 4.74 Å². The van der Waals surface area contributed by atoms with Crippen molar-refractivity contribution in [2.45, 2.75) is 12.8 Å². The van der Waals surface area contributed by atoms with E-state index in [4.69, 9.17) is 4.74 Å². The van der Waals surface area contributed by atoms with Crippen molar-refractivity contribution in [3.8, 4) is 0 Å². The van der Waals surface area contributed by atoms with Crippen LogP contribution in [0.15, 0.2) is 24.4 Å². The summed E-state index contributed by atoms with van der Waals surface area (Å²) in [5.74, 6) is 0.613. The molecule has 1 aliphatic heterocycles. The van der Waals surface area contributed by atoms with Crippen LogP contribution in [0, 0.1) is 5.92 Å². The Kier molecular flexibility index (Phi) is 3.69. The number of carbonyl (C=O) groups excluding carboxylic acids is 1. The lowest BCUT2D eigenvalue weighted by molar-refractivity contribution is 0.0497. The first-order valence-electron chi connectivity index (χ1n) is 7.00. The fourth-order valence-corrected chi connectivity index (χ4v) is 2.69. The molecule has 0 spiro atoms. The van der Waals surface area contributed by atoms with Crippen LogP contribution in [0.2, 0.25) is 0 Å². The van der Waals surface area contributed by atoms with Crippen molar-refractivity contribution < 1.29 is 9.53 Å². The third-order valence-electron chi connectivity index (χ3n) is 3.91. The normalized spacial score (nSPS) is 16.4. The summed E-state index contributed by atoms with van der Waals surface area (Å²) in [6.07, 6.45) is 3.84. The molecular formula is C15H19N3O2. The maximum atomic E-state index is 12.4. The summed E-state index contributed by atoms with van der Waals surface area (Å²) in [7, 11) is 1.87. The zero-order chi connectivity index (χ0) is 13.9. The molecule has 0 atom stereocenters. The fourth-order valence-electron chi connectivity index (χ4n) is 2.69. The second-order valence-electron chi connectivity index (χ2n) is 5.41. The first kappa shape index (κ1) is 13.1. The van der Waals surface area contributed by atoms with E-state index < -0.39 is 0 Å². The summed E-state index contributed by atoms with van der Waals surface area (Å²) in [6.45, 7) is 2.42. The van der Waals surface area contributed by atoms with Gasteiger partial charge in [0.25, 0.3) is 5.91 Å². The minimum Gasteiger partial charge on any atom is -0.381 e. The highest BCUT2D eigenvalue weighted by Gasteiger charge is 2.19. The predicted molar refractivity (Wildman–Crippen MR) is 76.6 cm³/mol. The number of rotatable bonds is 3. The topological polar surface area (TPSA) is 58.2 Å². The van der Waals surface area contributed by atoms with E-state index in [2.05, 4.69) is 10.2 Å². The number of ether oxygens (including phenoxy) is 1. The number of benzene rings is 1. The maximum Gasteiger partial charge on any atom is 0.253 e. The van der Waals surface area contributed by atoms with Gasteiger partial charge in [-0.3, -0.25) is 9.89 Å². The minimum atomic E-state index is 0.0630. The Morgan fingerprint density at radius 2 is 2.25 bits per heavy atom. The van der Waals surface area contributed by atoms with E-state index in [9.17, 15) is 4.79 Å². The van der Waals surface area contributed by atoms with Gasteiger partial charge in [-0.25, -0.2) is 0 Å². The lowest BCUT2D eigenvalue weighted by Crippen LogP contribution is -2.34. The molecule has 5 nitrogen and oxygen atoms in total. The average molecular weight is 273 g/mol. The Bertz CT molecular complexity index is 602. The first-order valence-corrected chi connectivity index (χ1v) is 7.00. The van der Waals surface area contributed by atoms with Gasteiger partial charge in [0.1, 0.15) is 0 Å². The van der Waals surface area contributed by atoms with E-state index in [1.54, 1.807) is 6.20 Å². The van der Waals surface area contributed by atoms with E-state index in [-0.39, 0.29) is 5.91 Å². The van der Waals surface area contributed by atoms with Crippen molar-refractivity contribution in [3.05, 3.63) is 30.0 Å². The zero-order valence-corrected chi connectivity index (χ0v) is 11.6. The fraction of sp³-hybridized carbons (Fsp3) is 0.467. The number of H-pyrrole nitrogens is 1. The molecule has 1 aromatic carbocycles. The van der Waals surface area contributed by atoms with Crippen LogP contribution in [0.5, 0.6) is 0 Å². The summed E-state index contributed by atoms with van der Waals surface area (Å²) >= 11 is 0. The largest absolute Gasteiger partial charge is 0.381 e. The molecule has 0 radical (unpaired) electrons. The maximum absolute atomic E-state index is 12.4. The van der Waals surface area contributed by atoms with E-state index in [0.717, 1.165) is 43.5 Å². The van der Waals surface area contributed by atoms with Crippen molar-refractivity contribution in [2.24, 2.45) is 5.92 Å². The number of hydrogen-bond acceptors (Lipinski definition) is 3. The zero-order valence-electron chi connectivity index (χ0n) is 11.6. The number of carbonyl (C=O) groups is 1. The standard InChI is InChI=1S/C15H19N3O2/c1-18(10-11-4-6-20-7-5-11)15(19)12-2-3-13-9-16-17-14(13)8-12/h2-3,8-9,11H,4-7,10H2,1H3,(H,16,17). The quantitative estimate of drug-likeness (QED) is 0.931. The van der Waals surface area contributed by atoms with E-state index >= 15 is 0 Å². The molecule has 2 aromatic rings. The second-order valence-corrected chi connectivity index (χ2v) is 5.41. The molecule has 0 aliphatic carbocycles. The molecule has 106 valence electrons. The van der Waals surface area contributed by atoms with Gasteiger partial charge in [-0.05, 0) is 30.9 Å². The minimum absolute atomic E-state index is 0.0630. The van der Waals surface area contributed by atoms with Crippen LogP contribution in [0.1, 0.15) is 23.2 Å². The van der Waals surface area contributed by atoms with Gasteiger partial charge < -0.3 is 9.64 Å². The highest BCUT2D eigenvalue weighted by Crippen LogP contribution is 2.18. The van der Waals surface area contributed by atoms with Gasteiger partial charge >= 0.3 is 0 Å². The number of amides is 1. The van der Waals surface area contributed by atoms with Crippen molar-refractivity contribution in [2.75, 3.05) is 26.8 Å². The van der Waals surface area contributed by atoms with Gasteiger partial charge in [0.05, 0.1) is 11.7 Å². The first-order chi connectivity index (χ1) is 9.74. The van der Waals surface area contributed by atoms with E-state index in [1.807, 2.05) is 30.1 Å². The molecule has 20 heavy (non-hydrogen) atoms. The smallest absolute Gasteiger partial charge is 0.253 e. The van der Waals surface area contributed by atoms with Crippen LogP contribution in [0.25, 0.3) is 10.9 Å². The highest BCUT2D eigenvalue weighted by molar-refractivity contribution is 5.97. The van der Waals surface area contributed by atoms with Crippen molar-refractivity contribution >= 4 is 16.8 Å². The van der Waals surface area contributed by atoms with Gasteiger partial charge in [-0.2, -0.15) is 5.10 Å². The number of aromatic amines is 1. The molecule has 0 bridgehead atoms. The van der Waals surface area contributed by atoms with Gasteiger partial charge in [0, 0.05) is 37.8 Å². The lowest BCUT2D eigenvalue weighted by atomic mass is 9.99. The third-order valence-corrected chi connectivity index (χ3v) is 3.91. The molecule has 5 heteroatoms. The number of nitrogens with zero attached hydrogens (tertiary/aromatic N) is 2. The van der Waals surface area contributed by atoms with Crippen molar-refractivity contribution in [1.29, 1.82) is 0 Å². The van der Waals surface area contributed by atoms with Crippen LogP contribution in [-0.4, -0.2) is 47.8 Å². The Hall–Kier alpha value is -1.88. The molecule has 1 fully saturated rings. The van der Waals surface area contributed by atoms with Gasteiger partial charge in [-0.15, -0.1) is 0 Å². The SMILES string of the molecule is CN(CC1CCOCC1)C(=O)c1ccc2cn[nH]c2c1. The summed E-state index contributed by atoms with van der Waals surface area (Å²) in [5.41, 5.74) is 1.60. The monoisotopic (exact) mass is 273 g/mol. The van der Waals surface area contributed by atoms with Crippen LogP contribution in [0.4, 0.5) is 0 Å². The highest BCUT2D eigenvalue weighted by atomic mass is 16.5. The van der Waals surface area contributed by atoms with Crippen molar-refractivity contribution in [1.82, 2.24) is 15.1 Å². The summed E-state index contributed by atoms with van der Waals surface area (Å²) in [6, 6.07) is 5.65.